The van der Waals surface area contributed by atoms with E-state index in [1.54, 1.807) is 41.5 Å². The molecule has 0 atom stereocenters. The monoisotopic (exact) mass is 449 g/mol. The first-order valence-electron chi connectivity index (χ1n) is 10.9. The molecule has 1 fully saturated rings. The Hall–Kier alpha value is -2.13. The SMILES string of the molecule is CC(C)(C)OC(=O)Oc1c(C(=O)OC(C)(C)C)ccnc1CCB1OC(C)(C)C(C)(C)O1. The normalized spacial score (nSPS) is 17.8. The van der Waals surface area contributed by atoms with Crippen molar-refractivity contribution in [3.63, 3.8) is 0 Å². The third-order valence-corrected chi connectivity index (χ3v) is 5.09. The standard InChI is InChI=1S/C23H36BNO7/c1-20(2,3)29-18(26)15-12-14-25-16(17(15)28-19(27)30-21(4,5)6)11-13-24-31-22(7,8)23(9,10)32-24/h12,14H,11,13H2,1-10H3. The summed E-state index contributed by atoms with van der Waals surface area (Å²) in [5.74, 6) is -0.595. The van der Waals surface area contributed by atoms with Gasteiger partial charge in [-0.05, 0) is 88.0 Å². The highest BCUT2D eigenvalue weighted by Gasteiger charge is 2.50. The Bertz CT molecular complexity index is 837. The van der Waals surface area contributed by atoms with E-state index in [4.69, 9.17) is 23.5 Å². The molecule has 0 saturated carbocycles. The maximum absolute atomic E-state index is 12.8. The maximum Gasteiger partial charge on any atom is 0.514 e. The van der Waals surface area contributed by atoms with Crippen LogP contribution in [0.2, 0.25) is 6.32 Å². The van der Waals surface area contributed by atoms with Crippen LogP contribution in [-0.2, 0) is 25.2 Å². The van der Waals surface area contributed by atoms with E-state index in [0.717, 1.165) is 0 Å². The molecular formula is C23H36BNO7. The van der Waals surface area contributed by atoms with Gasteiger partial charge in [0.1, 0.15) is 16.8 Å². The molecule has 0 aliphatic carbocycles. The van der Waals surface area contributed by atoms with E-state index in [9.17, 15) is 9.59 Å². The van der Waals surface area contributed by atoms with E-state index in [2.05, 4.69) is 4.98 Å². The van der Waals surface area contributed by atoms with Crippen molar-refractivity contribution >= 4 is 19.2 Å². The van der Waals surface area contributed by atoms with Crippen molar-refractivity contribution in [3.05, 3.63) is 23.5 Å². The Morgan fingerprint density at radius 1 is 0.969 bits per heavy atom. The van der Waals surface area contributed by atoms with Crippen molar-refractivity contribution in [1.29, 1.82) is 0 Å². The Kier molecular flexibility index (Phi) is 7.36. The highest BCUT2D eigenvalue weighted by molar-refractivity contribution is 6.45. The highest BCUT2D eigenvalue weighted by atomic mass is 16.7. The predicted octanol–water partition coefficient (Wildman–Crippen LogP) is 4.99. The van der Waals surface area contributed by atoms with Gasteiger partial charge in [-0.15, -0.1) is 0 Å². The molecular weight excluding hydrogens is 413 g/mol. The summed E-state index contributed by atoms with van der Waals surface area (Å²) >= 11 is 0. The van der Waals surface area contributed by atoms with Crippen molar-refractivity contribution in [2.24, 2.45) is 0 Å². The van der Waals surface area contributed by atoms with Gasteiger partial charge >= 0.3 is 19.2 Å². The van der Waals surface area contributed by atoms with Gasteiger partial charge in [0.05, 0.1) is 16.9 Å². The zero-order valence-corrected chi connectivity index (χ0v) is 21.0. The number of rotatable bonds is 5. The molecule has 178 valence electrons. The minimum atomic E-state index is -0.924. The van der Waals surface area contributed by atoms with Crippen LogP contribution in [0.1, 0.15) is 85.3 Å². The molecule has 0 unspecified atom stereocenters. The van der Waals surface area contributed by atoms with Crippen molar-refractivity contribution in [1.82, 2.24) is 4.98 Å². The fraction of sp³-hybridized carbons (Fsp3) is 0.696. The lowest BCUT2D eigenvalue weighted by molar-refractivity contribution is 0.00578. The molecule has 8 nitrogen and oxygen atoms in total. The average molecular weight is 449 g/mol. The summed E-state index contributed by atoms with van der Waals surface area (Å²) in [5, 5.41) is 0. The summed E-state index contributed by atoms with van der Waals surface area (Å²) in [4.78, 5) is 29.5. The van der Waals surface area contributed by atoms with E-state index < -0.39 is 41.6 Å². The lowest BCUT2D eigenvalue weighted by Crippen LogP contribution is -2.41. The Morgan fingerprint density at radius 3 is 2.00 bits per heavy atom. The zero-order valence-electron chi connectivity index (χ0n) is 21.0. The van der Waals surface area contributed by atoms with E-state index in [0.29, 0.717) is 18.4 Å². The van der Waals surface area contributed by atoms with Crippen LogP contribution < -0.4 is 4.74 Å². The van der Waals surface area contributed by atoms with Gasteiger partial charge in [-0.25, -0.2) is 9.59 Å². The van der Waals surface area contributed by atoms with Crippen LogP contribution in [0.3, 0.4) is 0 Å². The van der Waals surface area contributed by atoms with E-state index in [-0.39, 0.29) is 11.3 Å². The molecule has 9 heteroatoms. The Labute approximate surface area is 191 Å². The molecule has 1 aliphatic heterocycles. The summed E-state index contributed by atoms with van der Waals surface area (Å²) in [6, 6.07) is 1.46. The topological polar surface area (TPSA) is 93.2 Å². The van der Waals surface area contributed by atoms with E-state index >= 15 is 0 Å². The number of aromatic nitrogens is 1. The number of hydrogen-bond donors (Lipinski definition) is 0. The van der Waals surface area contributed by atoms with E-state index in [1.165, 1.54) is 12.3 Å². The first-order valence-corrected chi connectivity index (χ1v) is 10.9. The summed E-state index contributed by atoms with van der Waals surface area (Å²) < 4.78 is 28.3. The average Bonchev–Trinajstić information content (AvgIpc) is 2.77. The predicted molar refractivity (Wildman–Crippen MR) is 121 cm³/mol. The van der Waals surface area contributed by atoms with Gasteiger partial charge < -0.3 is 23.5 Å². The van der Waals surface area contributed by atoms with Crippen molar-refractivity contribution in [2.75, 3.05) is 0 Å². The summed E-state index contributed by atoms with van der Waals surface area (Å²) in [7, 11) is -0.457. The third kappa shape index (κ3) is 6.94. The molecule has 1 aromatic rings. The zero-order chi connectivity index (χ0) is 24.5. The molecule has 1 saturated heterocycles. The number of carbonyl (C=O) groups is 2. The molecule has 0 amide bonds. The van der Waals surface area contributed by atoms with Crippen LogP contribution in [0, 0.1) is 0 Å². The third-order valence-electron chi connectivity index (χ3n) is 5.09. The minimum Gasteiger partial charge on any atom is -0.456 e. The van der Waals surface area contributed by atoms with Crippen LogP contribution in [0.25, 0.3) is 0 Å². The molecule has 32 heavy (non-hydrogen) atoms. The summed E-state index contributed by atoms with van der Waals surface area (Å²) in [6.45, 7) is 18.4. The quantitative estimate of drug-likeness (QED) is 0.459. The van der Waals surface area contributed by atoms with Gasteiger partial charge in [-0.1, -0.05) is 0 Å². The van der Waals surface area contributed by atoms with Crippen molar-refractivity contribution < 1.29 is 33.1 Å². The number of pyridine rings is 1. The Morgan fingerprint density at radius 2 is 1.50 bits per heavy atom. The molecule has 0 bridgehead atoms. The lowest BCUT2D eigenvalue weighted by Gasteiger charge is -2.32. The Balaban J connectivity index is 2.30. The molecule has 1 aromatic heterocycles. The first-order chi connectivity index (χ1) is 14.4. The number of hydrogen-bond acceptors (Lipinski definition) is 8. The number of nitrogens with zero attached hydrogens (tertiary/aromatic N) is 1. The van der Waals surface area contributed by atoms with Crippen molar-refractivity contribution in [2.45, 2.75) is 104 Å². The second-order valence-electron chi connectivity index (χ2n) is 10.9. The number of carbonyl (C=O) groups excluding carboxylic acids is 2. The van der Waals surface area contributed by atoms with E-state index in [1.807, 2.05) is 27.7 Å². The second kappa shape index (κ2) is 9.02. The number of esters is 1. The molecule has 2 rings (SSSR count). The van der Waals surface area contributed by atoms with Gasteiger partial charge in [-0.2, -0.15) is 0 Å². The molecule has 2 heterocycles. The van der Waals surface area contributed by atoms with Gasteiger partial charge in [0.15, 0.2) is 5.75 Å². The molecule has 0 radical (unpaired) electrons. The van der Waals surface area contributed by atoms with Crippen molar-refractivity contribution in [3.8, 4) is 5.75 Å². The van der Waals surface area contributed by atoms with Gasteiger partial charge in [0.25, 0.3) is 0 Å². The second-order valence-corrected chi connectivity index (χ2v) is 10.9. The smallest absolute Gasteiger partial charge is 0.456 e. The van der Waals surface area contributed by atoms with Gasteiger partial charge in [0.2, 0.25) is 0 Å². The highest BCUT2D eigenvalue weighted by Crippen LogP contribution is 2.38. The van der Waals surface area contributed by atoms with Crippen LogP contribution in [-0.4, -0.2) is 46.6 Å². The van der Waals surface area contributed by atoms with Crippen LogP contribution in [0.4, 0.5) is 4.79 Å². The maximum atomic E-state index is 12.8. The largest absolute Gasteiger partial charge is 0.514 e. The van der Waals surface area contributed by atoms with Gasteiger partial charge in [0, 0.05) is 6.20 Å². The van der Waals surface area contributed by atoms with Crippen LogP contribution in [0.5, 0.6) is 5.75 Å². The minimum absolute atomic E-state index is 0.0208. The van der Waals surface area contributed by atoms with Crippen LogP contribution in [0.15, 0.2) is 12.3 Å². The fourth-order valence-electron chi connectivity index (χ4n) is 2.97. The van der Waals surface area contributed by atoms with Crippen LogP contribution >= 0.6 is 0 Å². The lowest BCUT2D eigenvalue weighted by atomic mass is 9.82. The number of aryl methyl sites for hydroxylation is 1. The number of ether oxygens (including phenoxy) is 3. The van der Waals surface area contributed by atoms with Gasteiger partial charge in [-0.3, -0.25) is 4.98 Å². The summed E-state index contributed by atoms with van der Waals surface area (Å²) in [5.41, 5.74) is -1.88. The molecule has 1 aliphatic rings. The first kappa shape index (κ1) is 26.1. The molecule has 0 aromatic carbocycles. The molecule has 0 spiro atoms. The molecule has 0 N–H and O–H groups in total. The fourth-order valence-corrected chi connectivity index (χ4v) is 2.97. The summed E-state index contributed by atoms with van der Waals surface area (Å²) in [6.07, 6.45) is 1.38.